The van der Waals surface area contributed by atoms with Crippen LogP contribution in [0.15, 0.2) is 24.3 Å². The lowest BCUT2D eigenvalue weighted by Gasteiger charge is -2.36. The van der Waals surface area contributed by atoms with Crippen molar-refractivity contribution in [2.45, 2.75) is 44.7 Å². The van der Waals surface area contributed by atoms with Crippen LogP contribution in [0.2, 0.25) is 0 Å². The minimum Gasteiger partial charge on any atom is -0.308 e. The van der Waals surface area contributed by atoms with Crippen LogP contribution in [0.1, 0.15) is 32.6 Å². The molecule has 0 heterocycles. The zero-order chi connectivity index (χ0) is 14.7. The Balaban J connectivity index is 2.35. The largest absolute Gasteiger partial charge is 0.308 e. The van der Waals surface area contributed by atoms with Gasteiger partial charge >= 0.3 is 0 Å². The van der Waals surface area contributed by atoms with E-state index >= 15 is 0 Å². The molecule has 2 rings (SSSR count). The summed E-state index contributed by atoms with van der Waals surface area (Å²) >= 11 is 0. The second-order valence-electron chi connectivity index (χ2n) is 5.63. The number of halogens is 1. The molecule has 0 N–H and O–H groups in total. The zero-order valence-electron chi connectivity index (χ0n) is 12.5. The summed E-state index contributed by atoms with van der Waals surface area (Å²) in [5, 5.41) is 0. The molecule has 0 saturated heterocycles. The SMILES string of the molecule is CCC(=O)N(c1cccc(F)c1)C1CCCC1N(C)C. The summed E-state index contributed by atoms with van der Waals surface area (Å²) in [5.41, 5.74) is 0.676. The molecule has 20 heavy (non-hydrogen) atoms. The maximum Gasteiger partial charge on any atom is 0.227 e. The van der Waals surface area contributed by atoms with E-state index in [4.69, 9.17) is 0 Å². The molecule has 1 aliphatic rings. The first-order valence-electron chi connectivity index (χ1n) is 7.28. The van der Waals surface area contributed by atoms with Crippen LogP contribution in [-0.2, 0) is 4.79 Å². The second-order valence-corrected chi connectivity index (χ2v) is 5.63. The van der Waals surface area contributed by atoms with Gasteiger partial charge in [0.25, 0.3) is 0 Å². The van der Waals surface area contributed by atoms with Crippen molar-refractivity contribution in [2.75, 3.05) is 19.0 Å². The quantitative estimate of drug-likeness (QED) is 0.845. The van der Waals surface area contributed by atoms with Crippen LogP contribution >= 0.6 is 0 Å². The maximum atomic E-state index is 13.5. The normalized spacial score (nSPS) is 22.2. The number of carbonyl (C=O) groups is 1. The van der Waals surface area contributed by atoms with Crippen molar-refractivity contribution >= 4 is 11.6 Å². The van der Waals surface area contributed by atoms with Gasteiger partial charge in [-0.25, -0.2) is 4.39 Å². The summed E-state index contributed by atoms with van der Waals surface area (Å²) in [7, 11) is 4.09. The number of nitrogens with zero attached hydrogens (tertiary/aromatic N) is 2. The fraction of sp³-hybridized carbons (Fsp3) is 0.562. The predicted octanol–water partition coefficient (Wildman–Crippen LogP) is 3.05. The number of carbonyl (C=O) groups excluding carboxylic acids is 1. The highest BCUT2D eigenvalue weighted by Crippen LogP contribution is 2.31. The van der Waals surface area contributed by atoms with Gasteiger partial charge in [0.1, 0.15) is 5.82 Å². The van der Waals surface area contributed by atoms with Gasteiger partial charge in [0.05, 0.1) is 6.04 Å². The van der Waals surface area contributed by atoms with E-state index in [0.29, 0.717) is 18.2 Å². The van der Waals surface area contributed by atoms with Crippen LogP contribution in [0.25, 0.3) is 0 Å². The predicted molar refractivity (Wildman–Crippen MR) is 79.3 cm³/mol. The molecule has 0 radical (unpaired) electrons. The van der Waals surface area contributed by atoms with Crippen molar-refractivity contribution < 1.29 is 9.18 Å². The summed E-state index contributed by atoms with van der Waals surface area (Å²) in [6, 6.07) is 6.84. The van der Waals surface area contributed by atoms with Gasteiger partial charge in [0.15, 0.2) is 0 Å². The first-order chi connectivity index (χ1) is 9.54. The Bertz CT molecular complexity index is 475. The van der Waals surface area contributed by atoms with E-state index in [1.54, 1.807) is 11.0 Å². The summed E-state index contributed by atoms with van der Waals surface area (Å²) in [5.74, 6) is -0.231. The Morgan fingerprint density at radius 1 is 1.30 bits per heavy atom. The third kappa shape index (κ3) is 3.01. The molecule has 4 heteroatoms. The van der Waals surface area contributed by atoms with E-state index < -0.39 is 0 Å². The van der Waals surface area contributed by atoms with Gasteiger partial charge in [-0.15, -0.1) is 0 Å². The number of benzene rings is 1. The van der Waals surface area contributed by atoms with Gasteiger partial charge < -0.3 is 9.80 Å². The van der Waals surface area contributed by atoms with E-state index in [0.717, 1.165) is 19.3 Å². The highest BCUT2D eigenvalue weighted by Gasteiger charge is 2.36. The monoisotopic (exact) mass is 278 g/mol. The molecule has 1 saturated carbocycles. The van der Waals surface area contributed by atoms with Crippen LogP contribution in [0, 0.1) is 5.82 Å². The molecule has 1 aromatic carbocycles. The van der Waals surface area contributed by atoms with Crippen molar-refractivity contribution in [1.82, 2.24) is 4.90 Å². The van der Waals surface area contributed by atoms with Gasteiger partial charge in [-0.1, -0.05) is 13.0 Å². The lowest BCUT2D eigenvalue weighted by atomic mass is 10.1. The molecule has 1 aromatic rings. The second kappa shape index (κ2) is 6.35. The number of anilines is 1. The summed E-state index contributed by atoms with van der Waals surface area (Å²) in [6.07, 6.45) is 3.61. The Kier molecular flexibility index (Phi) is 4.76. The first kappa shape index (κ1) is 15.0. The Labute approximate surface area is 120 Å². The molecule has 0 aliphatic heterocycles. The van der Waals surface area contributed by atoms with Crippen molar-refractivity contribution in [3.8, 4) is 0 Å². The molecule has 0 bridgehead atoms. The lowest BCUT2D eigenvalue weighted by Crippen LogP contribution is -2.49. The maximum absolute atomic E-state index is 13.5. The van der Waals surface area contributed by atoms with Crippen LogP contribution in [0.4, 0.5) is 10.1 Å². The molecule has 2 atom stereocenters. The smallest absolute Gasteiger partial charge is 0.227 e. The van der Waals surface area contributed by atoms with Crippen LogP contribution in [0.3, 0.4) is 0 Å². The van der Waals surface area contributed by atoms with Gasteiger partial charge in [-0.3, -0.25) is 4.79 Å². The number of hydrogen-bond acceptors (Lipinski definition) is 2. The average molecular weight is 278 g/mol. The Morgan fingerprint density at radius 3 is 2.60 bits per heavy atom. The van der Waals surface area contributed by atoms with E-state index in [-0.39, 0.29) is 17.8 Å². The third-order valence-electron chi connectivity index (χ3n) is 4.10. The minimum atomic E-state index is -0.296. The van der Waals surface area contributed by atoms with Crippen LogP contribution in [-0.4, -0.2) is 37.0 Å². The molecule has 2 unspecified atom stereocenters. The lowest BCUT2D eigenvalue weighted by molar-refractivity contribution is -0.119. The summed E-state index contributed by atoms with van der Waals surface area (Å²) in [4.78, 5) is 16.3. The van der Waals surface area contributed by atoms with Crippen LogP contribution < -0.4 is 4.90 Å². The topological polar surface area (TPSA) is 23.6 Å². The van der Waals surface area contributed by atoms with E-state index in [1.807, 2.05) is 27.1 Å². The number of hydrogen-bond donors (Lipinski definition) is 0. The van der Waals surface area contributed by atoms with Gasteiger partial charge in [0, 0.05) is 18.2 Å². The third-order valence-corrected chi connectivity index (χ3v) is 4.10. The van der Waals surface area contributed by atoms with E-state index in [9.17, 15) is 9.18 Å². The van der Waals surface area contributed by atoms with E-state index in [1.165, 1.54) is 12.1 Å². The standard InChI is InChI=1S/C16H23FN2O/c1-4-16(20)19(13-8-5-7-12(17)11-13)15-10-6-9-14(15)18(2)3/h5,7-8,11,14-15H,4,6,9-10H2,1-3H3. The number of amides is 1. The van der Waals surface area contributed by atoms with Gasteiger partial charge in [-0.05, 0) is 51.6 Å². The Hall–Kier alpha value is -1.42. The molecule has 1 fully saturated rings. The fourth-order valence-electron chi connectivity index (χ4n) is 3.14. The average Bonchev–Trinajstić information content (AvgIpc) is 2.88. The molecule has 1 amide bonds. The summed E-state index contributed by atoms with van der Waals surface area (Å²) in [6.45, 7) is 1.86. The van der Waals surface area contributed by atoms with Crippen LogP contribution in [0.5, 0.6) is 0 Å². The zero-order valence-corrected chi connectivity index (χ0v) is 12.5. The van der Waals surface area contributed by atoms with Gasteiger partial charge in [0.2, 0.25) is 5.91 Å². The molecule has 0 spiro atoms. The Morgan fingerprint density at radius 2 is 2.00 bits per heavy atom. The molecule has 0 aromatic heterocycles. The van der Waals surface area contributed by atoms with Gasteiger partial charge in [-0.2, -0.15) is 0 Å². The molecular formula is C16H23FN2O. The molecular weight excluding hydrogens is 255 g/mol. The molecule has 110 valence electrons. The highest BCUT2D eigenvalue weighted by molar-refractivity contribution is 5.94. The summed E-state index contributed by atoms with van der Waals surface area (Å²) < 4.78 is 13.5. The van der Waals surface area contributed by atoms with Crippen molar-refractivity contribution in [1.29, 1.82) is 0 Å². The first-order valence-corrected chi connectivity index (χ1v) is 7.28. The molecule has 3 nitrogen and oxygen atoms in total. The molecule has 1 aliphatic carbocycles. The van der Waals surface area contributed by atoms with Crippen molar-refractivity contribution in [2.24, 2.45) is 0 Å². The fourth-order valence-corrected chi connectivity index (χ4v) is 3.14. The highest BCUT2D eigenvalue weighted by atomic mass is 19.1. The number of rotatable bonds is 4. The van der Waals surface area contributed by atoms with E-state index in [2.05, 4.69) is 4.90 Å². The van der Waals surface area contributed by atoms with Crippen molar-refractivity contribution in [3.63, 3.8) is 0 Å². The number of likely N-dealkylation sites (N-methyl/N-ethyl adjacent to an activating group) is 1. The minimum absolute atomic E-state index is 0.0642. The van der Waals surface area contributed by atoms with Crippen molar-refractivity contribution in [3.05, 3.63) is 30.1 Å².